The van der Waals surface area contributed by atoms with Gasteiger partial charge in [0.15, 0.2) is 0 Å². The Labute approximate surface area is 207 Å². The quantitative estimate of drug-likeness (QED) is 0.427. The smallest absolute Gasteiger partial charge is 0.313 e. The zero-order valence-corrected chi connectivity index (χ0v) is 22.2. The molecule has 2 saturated carbocycles. The highest BCUT2D eigenvalue weighted by molar-refractivity contribution is 5.76. The maximum absolute atomic E-state index is 12.5. The van der Waals surface area contributed by atoms with Crippen molar-refractivity contribution in [3.63, 3.8) is 0 Å². The molecular weight excluding hydrogens is 424 g/mol. The predicted molar refractivity (Wildman–Crippen MR) is 140 cm³/mol. The first-order chi connectivity index (χ1) is 16.1. The van der Waals surface area contributed by atoms with Gasteiger partial charge in [-0.3, -0.25) is 4.79 Å². The van der Waals surface area contributed by atoms with E-state index in [0.717, 1.165) is 25.9 Å². The zero-order chi connectivity index (χ0) is 24.8. The maximum atomic E-state index is 12.5. The molecule has 5 heteroatoms. The van der Waals surface area contributed by atoms with Crippen LogP contribution >= 0.6 is 0 Å². The first-order valence-electron chi connectivity index (χ1n) is 13.0. The fourth-order valence-corrected chi connectivity index (χ4v) is 4.79. The summed E-state index contributed by atoms with van der Waals surface area (Å²) in [6.45, 7) is 11.1. The van der Waals surface area contributed by atoms with Crippen molar-refractivity contribution in [3.05, 3.63) is 41.5 Å². The van der Waals surface area contributed by atoms with Crippen molar-refractivity contribution < 1.29 is 14.3 Å². The van der Waals surface area contributed by atoms with E-state index in [-0.39, 0.29) is 5.97 Å². The fraction of sp³-hybridized carbons (Fsp3) is 0.690. The summed E-state index contributed by atoms with van der Waals surface area (Å²) < 4.78 is 11.0. The van der Waals surface area contributed by atoms with E-state index in [1.807, 2.05) is 34.6 Å². The molecule has 0 bridgehead atoms. The number of carbonyl (C=O) groups excluding carboxylic acids is 1. The van der Waals surface area contributed by atoms with Gasteiger partial charge >= 0.3 is 5.97 Å². The van der Waals surface area contributed by atoms with Crippen molar-refractivity contribution in [2.24, 2.45) is 11.3 Å². The second-order valence-corrected chi connectivity index (χ2v) is 11.8. The molecule has 5 nitrogen and oxygen atoms in total. The molecule has 0 aliphatic heterocycles. The molecule has 0 aromatic heterocycles. The highest BCUT2D eigenvalue weighted by Crippen LogP contribution is 2.41. The standard InChI is InChI=1S/C29H46N2O3/c1-28(2,3)34-27(32)29(4,5)20-30-23-12-14-24(15-13-23)31-26-19-25(26)22(16-17-33-6)18-21-10-8-7-9-11-21/h7-11,18,23-26,30-31H,12-17,19-20H2,1-6H3. The highest BCUT2D eigenvalue weighted by atomic mass is 16.6. The van der Waals surface area contributed by atoms with E-state index in [0.29, 0.717) is 30.6 Å². The summed E-state index contributed by atoms with van der Waals surface area (Å²) in [4.78, 5) is 12.5. The number of esters is 1. The monoisotopic (exact) mass is 470 g/mol. The molecular formula is C29H46N2O3. The number of hydrogen-bond donors (Lipinski definition) is 2. The van der Waals surface area contributed by atoms with Crippen molar-refractivity contribution >= 4 is 12.0 Å². The van der Waals surface area contributed by atoms with Crippen LogP contribution in [-0.2, 0) is 14.3 Å². The summed E-state index contributed by atoms with van der Waals surface area (Å²) >= 11 is 0. The molecule has 1 aromatic rings. The van der Waals surface area contributed by atoms with E-state index in [1.165, 1.54) is 30.4 Å². The topological polar surface area (TPSA) is 59.6 Å². The van der Waals surface area contributed by atoms with Crippen LogP contribution in [0.4, 0.5) is 0 Å². The van der Waals surface area contributed by atoms with Crippen LogP contribution in [0, 0.1) is 11.3 Å². The zero-order valence-electron chi connectivity index (χ0n) is 22.2. The van der Waals surface area contributed by atoms with Crippen LogP contribution in [0.1, 0.15) is 78.7 Å². The van der Waals surface area contributed by atoms with E-state index in [9.17, 15) is 4.79 Å². The lowest BCUT2D eigenvalue weighted by Gasteiger charge is -2.33. The van der Waals surface area contributed by atoms with Gasteiger partial charge in [0.25, 0.3) is 0 Å². The minimum atomic E-state index is -0.521. The van der Waals surface area contributed by atoms with Gasteiger partial charge in [0, 0.05) is 38.4 Å². The Bertz CT molecular complexity index is 804. The molecule has 2 aliphatic rings. The number of methoxy groups -OCH3 is 1. The Morgan fingerprint density at radius 3 is 2.29 bits per heavy atom. The second-order valence-electron chi connectivity index (χ2n) is 11.8. The van der Waals surface area contributed by atoms with Gasteiger partial charge in [-0.1, -0.05) is 42.0 Å². The summed E-state index contributed by atoms with van der Waals surface area (Å²) in [5.41, 5.74) is 1.82. The van der Waals surface area contributed by atoms with E-state index in [1.54, 1.807) is 7.11 Å². The van der Waals surface area contributed by atoms with Crippen LogP contribution in [0.5, 0.6) is 0 Å². The number of rotatable bonds is 11. The van der Waals surface area contributed by atoms with E-state index >= 15 is 0 Å². The third-order valence-electron chi connectivity index (χ3n) is 6.97. The van der Waals surface area contributed by atoms with Gasteiger partial charge in [0.2, 0.25) is 0 Å². The lowest BCUT2D eigenvalue weighted by atomic mass is 9.88. The molecule has 3 rings (SSSR count). The molecule has 0 heterocycles. The predicted octanol–water partition coefficient (Wildman–Crippen LogP) is 5.35. The number of benzene rings is 1. The Balaban J connectivity index is 1.42. The third-order valence-corrected chi connectivity index (χ3v) is 6.97. The Morgan fingerprint density at radius 1 is 1.03 bits per heavy atom. The van der Waals surface area contributed by atoms with Crippen molar-refractivity contribution in [2.75, 3.05) is 20.3 Å². The van der Waals surface area contributed by atoms with Crippen LogP contribution in [-0.4, -0.2) is 50.0 Å². The van der Waals surface area contributed by atoms with Crippen molar-refractivity contribution in [1.29, 1.82) is 0 Å². The number of carbonyl (C=O) groups is 1. The second kappa shape index (κ2) is 11.8. The average molecular weight is 471 g/mol. The maximum Gasteiger partial charge on any atom is 0.313 e. The molecule has 2 fully saturated rings. The van der Waals surface area contributed by atoms with E-state index in [4.69, 9.17) is 9.47 Å². The van der Waals surface area contributed by atoms with Crippen LogP contribution in [0.2, 0.25) is 0 Å². The van der Waals surface area contributed by atoms with Crippen molar-refractivity contribution in [2.45, 2.75) is 96.9 Å². The molecule has 2 unspecified atom stereocenters. The van der Waals surface area contributed by atoms with Gasteiger partial charge in [-0.25, -0.2) is 0 Å². The summed E-state index contributed by atoms with van der Waals surface area (Å²) in [5, 5.41) is 7.58. The molecule has 2 aliphatic carbocycles. The van der Waals surface area contributed by atoms with Crippen LogP contribution < -0.4 is 10.6 Å². The minimum absolute atomic E-state index is 0.129. The van der Waals surface area contributed by atoms with Gasteiger partial charge in [-0.2, -0.15) is 0 Å². The minimum Gasteiger partial charge on any atom is -0.460 e. The highest BCUT2D eigenvalue weighted by Gasteiger charge is 2.41. The molecule has 0 spiro atoms. The SMILES string of the molecule is COCCC(=Cc1ccccc1)C1CC1NC1CCC(NCC(C)(C)C(=O)OC(C)(C)C)CC1. The van der Waals surface area contributed by atoms with E-state index in [2.05, 4.69) is 47.0 Å². The first-order valence-corrected chi connectivity index (χ1v) is 13.0. The summed E-state index contributed by atoms with van der Waals surface area (Å²) in [6, 6.07) is 12.3. The molecule has 1 aromatic carbocycles. The third kappa shape index (κ3) is 8.51. The van der Waals surface area contributed by atoms with Crippen LogP contribution in [0.3, 0.4) is 0 Å². The number of ether oxygens (including phenoxy) is 2. The molecule has 2 N–H and O–H groups in total. The lowest BCUT2D eigenvalue weighted by molar-refractivity contribution is -0.165. The number of nitrogens with one attached hydrogen (secondary N) is 2. The van der Waals surface area contributed by atoms with Crippen molar-refractivity contribution in [3.8, 4) is 0 Å². The van der Waals surface area contributed by atoms with Gasteiger partial charge in [0.05, 0.1) is 5.41 Å². The summed E-state index contributed by atoms with van der Waals surface area (Å²) in [7, 11) is 1.78. The Hall–Kier alpha value is -1.69. The average Bonchev–Trinajstić information content (AvgIpc) is 3.54. The fourth-order valence-electron chi connectivity index (χ4n) is 4.79. The van der Waals surface area contributed by atoms with Crippen LogP contribution in [0.15, 0.2) is 35.9 Å². The molecule has 0 radical (unpaired) electrons. The first kappa shape index (κ1) is 26.9. The molecule has 2 atom stereocenters. The van der Waals surface area contributed by atoms with Gasteiger partial charge < -0.3 is 20.1 Å². The summed E-state index contributed by atoms with van der Waals surface area (Å²) in [6.07, 6.45) is 9.25. The molecule has 190 valence electrons. The molecule has 0 amide bonds. The Morgan fingerprint density at radius 2 is 1.68 bits per heavy atom. The largest absolute Gasteiger partial charge is 0.460 e. The lowest BCUT2D eigenvalue weighted by Crippen LogP contribution is -2.46. The van der Waals surface area contributed by atoms with Gasteiger partial charge in [-0.05, 0) is 84.6 Å². The van der Waals surface area contributed by atoms with E-state index < -0.39 is 11.0 Å². The molecule has 34 heavy (non-hydrogen) atoms. The van der Waals surface area contributed by atoms with Gasteiger partial charge in [0.1, 0.15) is 5.60 Å². The van der Waals surface area contributed by atoms with Crippen LogP contribution in [0.25, 0.3) is 6.08 Å². The Kier molecular flexibility index (Phi) is 9.36. The van der Waals surface area contributed by atoms with Gasteiger partial charge in [-0.15, -0.1) is 0 Å². The van der Waals surface area contributed by atoms with Crippen molar-refractivity contribution in [1.82, 2.24) is 10.6 Å². The number of hydrogen-bond acceptors (Lipinski definition) is 5. The normalized spacial score (nSPS) is 25.8. The summed E-state index contributed by atoms with van der Waals surface area (Å²) in [5.74, 6) is 0.497. The molecule has 0 saturated heterocycles.